The molecule has 0 saturated heterocycles. The molecule has 24 heavy (non-hydrogen) atoms. The van der Waals surface area contributed by atoms with Gasteiger partial charge in [-0.3, -0.25) is 0 Å². The van der Waals surface area contributed by atoms with Crippen LogP contribution < -0.4 is 4.74 Å². The Hall–Kier alpha value is -2.49. The van der Waals surface area contributed by atoms with E-state index in [2.05, 4.69) is 6.92 Å². The Balaban J connectivity index is 1.84. The number of carbonyl (C=O) groups is 1. The molecule has 0 aliphatic heterocycles. The lowest BCUT2D eigenvalue weighted by molar-refractivity contribution is 0.0729. The zero-order valence-corrected chi connectivity index (χ0v) is 13.4. The second kappa shape index (κ2) is 6.95. The molecule has 0 unspecified atom stereocenters. The van der Waals surface area contributed by atoms with E-state index in [0.717, 1.165) is 36.8 Å². The molecule has 1 aliphatic carbocycles. The van der Waals surface area contributed by atoms with Gasteiger partial charge in [0.05, 0.1) is 5.56 Å². The maximum absolute atomic E-state index is 14.3. The van der Waals surface area contributed by atoms with Crippen molar-refractivity contribution in [1.29, 1.82) is 0 Å². The number of aryl methyl sites for hydroxylation is 1. The van der Waals surface area contributed by atoms with E-state index in [-0.39, 0.29) is 11.3 Å². The third-order valence-corrected chi connectivity index (χ3v) is 4.12. The van der Waals surface area contributed by atoms with Crippen LogP contribution in [0.2, 0.25) is 0 Å². The summed E-state index contributed by atoms with van der Waals surface area (Å²) in [4.78, 5) is 12.2. The van der Waals surface area contributed by atoms with Gasteiger partial charge in [-0.15, -0.1) is 0 Å². The monoisotopic (exact) mass is 328 g/mol. The molecule has 2 aromatic rings. The summed E-state index contributed by atoms with van der Waals surface area (Å²) in [5.41, 5.74) is 3.00. The van der Waals surface area contributed by atoms with Crippen molar-refractivity contribution < 1.29 is 18.3 Å². The Labute approximate surface area is 139 Å². The maximum Gasteiger partial charge on any atom is 0.346 e. The van der Waals surface area contributed by atoms with E-state index in [1.54, 1.807) is 6.07 Å². The van der Waals surface area contributed by atoms with Gasteiger partial charge in [0.2, 0.25) is 0 Å². The van der Waals surface area contributed by atoms with Crippen LogP contribution >= 0.6 is 0 Å². The minimum absolute atomic E-state index is 0.0922. The molecule has 1 aliphatic rings. The molecule has 0 bridgehead atoms. The first kappa shape index (κ1) is 16.4. The van der Waals surface area contributed by atoms with Crippen LogP contribution in [-0.4, -0.2) is 5.97 Å². The van der Waals surface area contributed by atoms with Crippen molar-refractivity contribution in [1.82, 2.24) is 0 Å². The summed E-state index contributed by atoms with van der Waals surface area (Å²) in [5, 5.41) is 0. The molecule has 0 fully saturated rings. The fourth-order valence-corrected chi connectivity index (χ4v) is 2.91. The first-order valence-electron chi connectivity index (χ1n) is 8.06. The Morgan fingerprint density at radius 1 is 1.12 bits per heavy atom. The summed E-state index contributed by atoms with van der Waals surface area (Å²) in [7, 11) is 0. The quantitative estimate of drug-likeness (QED) is 0.561. The molecule has 2 aromatic carbocycles. The zero-order valence-electron chi connectivity index (χ0n) is 13.4. The third-order valence-electron chi connectivity index (χ3n) is 4.12. The van der Waals surface area contributed by atoms with Gasteiger partial charge in [-0.25, -0.2) is 13.6 Å². The van der Waals surface area contributed by atoms with Crippen LogP contribution in [0.25, 0.3) is 6.08 Å². The second-order valence-electron chi connectivity index (χ2n) is 5.93. The topological polar surface area (TPSA) is 26.3 Å². The molecule has 2 nitrogen and oxygen atoms in total. The Morgan fingerprint density at radius 2 is 1.88 bits per heavy atom. The predicted octanol–water partition coefficient (Wildman–Crippen LogP) is 5.31. The first-order chi connectivity index (χ1) is 11.6. The fraction of sp³-hybridized carbons (Fsp3) is 0.250. The third kappa shape index (κ3) is 3.53. The van der Waals surface area contributed by atoms with Crippen molar-refractivity contribution in [2.24, 2.45) is 0 Å². The summed E-state index contributed by atoms with van der Waals surface area (Å²) in [6, 6.07) is 8.01. The SMILES string of the molecule is CCCC1=Cc2cc(F)c(C(=O)Oc3ccc(F)cc3)cc2CC1. The molecule has 0 amide bonds. The number of ether oxygens (including phenoxy) is 1. The number of hydrogen-bond acceptors (Lipinski definition) is 2. The van der Waals surface area contributed by atoms with Crippen LogP contribution in [0.5, 0.6) is 5.75 Å². The smallest absolute Gasteiger partial charge is 0.346 e. The largest absolute Gasteiger partial charge is 0.423 e. The van der Waals surface area contributed by atoms with Crippen molar-refractivity contribution in [2.45, 2.75) is 32.6 Å². The van der Waals surface area contributed by atoms with Crippen molar-refractivity contribution in [2.75, 3.05) is 0 Å². The molecular weight excluding hydrogens is 310 g/mol. The molecule has 0 saturated carbocycles. The number of carbonyl (C=O) groups excluding carboxylic acids is 1. The first-order valence-corrected chi connectivity index (χ1v) is 8.06. The van der Waals surface area contributed by atoms with E-state index in [1.165, 1.54) is 35.9 Å². The highest BCUT2D eigenvalue weighted by atomic mass is 19.1. The summed E-state index contributed by atoms with van der Waals surface area (Å²) < 4.78 is 32.3. The normalized spacial score (nSPS) is 13.2. The van der Waals surface area contributed by atoms with Gasteiger partial charge in [-0.05, 0) is 66.8 Å². The van der Waals surface area contributed by atoms with Crippen molar-refractivity contribution in [3.63, 3.8) is 0 Å². The zero-order chi connectivity index (χ0) is 17.1. The molecule has 0 N–H and O–H groups in total. The molecule has 124 valence electrons. The van der Waals surface area contributed by atoms with Gasteiger partial charge in [0.25, 0.3) is 0 Å². The van der Waals surface area contributed by atoms with Crippen molar-refractivity contribution in [3.8, 4) is 5.75 Å². The number of benzene rings is 2. The van der Waals surface area contributed by atoms with Gasteiger partial charge in [0.1, 0.15) is 17.4 Å². The van der Waals surface area contributed by atoms with Gasteiger partial charge in [0.15, 0.2) is 0 Å². The average molecular weight is 328 g/mol. The minimum atomic E-state index is -0.773. The summed E-state index contributed by atoms with van der Waals surface area (Å²) >= 11 is 0. The van der Waals surface area contributed by atoms with Crippen LogP contribution in [0.4, 0.5) is 8.78 Å². The van der Waals surface area contributed by atoms with Crippen LogP contribution in [0.1, 0.15) is 47.7 Å². The summed E-state index contributed by atoms with van der Waals surface area (Å²) in [5.74, 6) is -1.62. The van der Waals surface area contributed by atoms with E-state index in [9.17, 15) is 13.6 Å². The summed E-state index contributed by atoms with van der Waals surface area (Å²) in [6.07, 6.45) is 5.80. The second-order valence-corrected chi connectivity index (χ2v) is 5.93. The molecule has 3 rings (SSSR count). The van der Waals surface area contributed by atoms with Crippen LogP contribution in [0.15, 0.2) is 42.0 Å². The van der Waals surface area contributed by atoms with Crippen molar-refractivity contribution in [3.05, 3.63) is 70.3 Å². The predicted molar refractivity (Wildman–Crippen MR) is 89.0 cm³/mol. The highest BCUT2D eigenvalue weighted by molar-refractivity contribution is 5.92. The van der Waals surface area contributed by atoms with Gasteiger partial charge < -0.3 is 4.74 Å². The number of esters is 1. The maximum atomic E-state index is 14.3. The van der Waals surface area contributed by atoms with Gasteiger partial charge >= 0.3 is 5.97 Å². The lowest BCUT2D eigenvalue weighted by Gasteiger charge is -2.17. The van der Waals surface area contributed by atoms with E-state index < -0.39 is 17.6 Å². The van der Waals surface area contributed by atoms with E-state index in [1.807, 2.05) is 6.08 Å². The van der Waals surface area contributed by atoms with Gasteiger partial charge in [-0.1, -0.05) is 25.0 Å². The molecule has 0 radical (unpaired) electrons. The van der Waals surface area contributed by atoms with E-state index in [4.69, 9.17) is 4.74 Å². The minimum Gasteiger partial charge on any atom is -0.423 e. The van der Waals surface area contributed by atoms with Crippen LogP contribution in [-0.2, 0) is 6.42 Å². The Morgan fingerprint density at radius 3 is 2.58 bits per heavy atom. The van der Waals surface area contributed by atoms with Crippen LogP contribution in [0.3, 0.4) is 0 Å². The van der Waals surface area contributed by atoms with E-state index >= 15 is 0 Å². The Kier molecular flexibility index (Phi) is 4.74. The van der Waals surface area contributed by atoms with Gasteiger partial charge in [0, 0.05) is 0 Å². The number of rotatable bonds is 4. The fourth-order valence-electron chi connectivity index (χ4n) is 2.91. The Bertz CT molecular complexity index is 792. The lowest BCUT2D eigenvalue weighted by atomic mass is 9.89. The number of allylic oxidation sites excluding steroid dienone is 1. The highest BCUT2D eigenvalue weighted by Gasteiger charge is 2.19. The van der Waals surface area contributed by atoms with E-state index in [0.29, 0.717) is 0 Å². The number of fused-ring (bicyclic) bond motifs is 1. The van der Waals surface area contributed by atoms with Crippen molar-refractivity contribution >= 4 is 12.0 Å². The number of hydrogen-bond donors (Lipinski definition) is 0. The molecule has 0 atom stereocenters. The highest BCUT2D eigenvalue weighted by Crippen LogP contribution is 2.29. The molecule has 0 heterocycles. The number of halogens is 2. The molecule has 4 heteroatoms. The summed E-state index contributed by atoms with van der Waals surface area (Å²) in [6.45, 7) is 2.12. The van der Waals surface area contributed by atoms with Crippen LogP contribution in [0, 0.1) is 11.6 Å². The average Bonchev–Trinajstić information content (AvgIpc) is 2.56. The van der Waals surface area contributed by atoms with Gasteiger partial charge in [-0.2, -0.15) is 0 Å². The lowest BCUT2D eigenvalue weighted by Crippen LogP contribution is -2.13. The molecular formula is C20H18F2O2. The molecule has 0 aromatic heterocycles. The molecule has 0 spiro atoms. The standard InChI is InChI=1S/C20H18F2O2/c1-2-3-13-4-5-14-11-18(19(22)12-15(14)10-13)20(23)24-17-8-6-16(21)7-9-17/h6-12H,2-5H2,1H3.